The fourth-order valence-corrected chi connectivity index (χ4v) is 3.78. The molecule has 0 heteroatoms. The van der Waals surface area contributed by atoms with Crippen LogP contribution >= 0.6 is 0 Å². The minimum atomic E-state index is 0. The van der Waals surface area contributed by atoms with Gasteiger partial charge in [-0.05, 0) is 51.9 Å². The van der Waals surface area contributed by atoms with E-state index < -0.39 is 0 Å². The molecule has 4 rings (SSSR count). The Morgan fingerprint density at radius 2 is 1.25 bits per heavy atom. The van der Waals surface area contributed by atoms with Gasteiger partial charge in [-0.25, -0.2) is 0 Å². The zero-order valence-corrected chi connectivity index (χ0v) is 13.4. The first kappa shape index (κ1) is 18.0. The summed E-state index contributed by atoms with van der Waals surface area (Å²) in [6.07, 6.45) is 0. The van der Waals surface area contributed by atoms with Gasteiger partial charge in [0.15, 0.2) is 0 Å². The number of fused-ring (bicyclic) bond motifs is 3. The lowest BCUT2D eigenvalue weighted by atomic mass is 9.81. The summed E-state index contributed by atoms with van der Waals surface area (Å²) in [4.78, 5) is 0. The molecule has 0 amide bonds. The van der Waals surface area contributed by atoms with Crippen LogP contribution in [0.1, 0.15) is 45.4 Å². The molecule has 0 radical (unpaired) electrons. The second-order valence-electron chi connectivity index (χ2n) is 6.75. The maximum absolute atomic E-state index is 2.40. The monoisotopic (exact) mass is 316 g/mol. The van der Waals surface area contributed by atoms with Crippen molar-refractivity contribution < 1.29 is 0 Å². The van der Waals surface area contributed by atoms with Crippen LogP contribution in [-0.2, 0) is 5.41 Å². The van der Waals surface area contributed by atoms with Gasteiger partial charge in [0.05, 0.1) is 0 Å². The summed E-state index contributed by atoms with van der Waals surface area (Å²) >= 11 is 0. The molecule has 0 saturated carbocycles. The number of hydrogen-bond donors (Lipinski definition) is 0. The summed E-state index contributed by atoms with van der Waals surface area (Å²) in [6.45, 7) is 6.89. The van der Waals surface area contributed by atoms with E-state index in [9.17, 15) is 0 Å². The fourth-order valence-electron chi connectivity index (χ4n) is 3.78. The van der Waals surface area contributed by atoms with E-state index in [1.54, 1.807) is 0 Å². The molecule has 0 fully saturated rings. The molecule has 0 N–H and O–H groups in total. The minimum absolute atomic E-state index is 0. The Labute approximate surface area is 147 Å². The SMILES string of the molecule is C.C.Cc1cc2c(cc1-c1ccccc1)C(C)(C)c1ccccc1-2. The highest BCUT2D eigenvalue weighted by Gasteiger charge is 2.35. The molecule has 124 valence electrons. The standard InChI is InChI=1S/C22H20.2CH4/c1-15-13-19-17-11-7-8-12-20(17)22(2,3)21(19)14-18(15)16-9-5-4-6-10-16;;/h4-14H,1-3H3;2*1H4. The van der Waals surface area contributed by atoms with Crippen molar-refractivity contribution in [1.82, 2.24) is 0 Å². The van der Waals surface area contributed by atoms with Gasteiger partial charge in [0.2, 0.25) is 0 Å². The lowest BCUT2D eigenvalue weighted by Gasteiger charge is -2.22. The molecule has 0 bridgehead atoms. The average molecular weight is 316 g/mol. The number of aryl methyl sites for hydroxylation is 1. The molecule has 1 aliphatic carbocycles. The molecule has 0 saturated heterocycles. The van der Waals surface area contributed by atoms with Gasteiger partial charge in [-0.3, -0.25) is 0 Å². The van der Waals surface area contributed by atoms with Gasteiger partial charge in [0.25, 0.3) is 0 Å². The van der Waals surface area contributed by atoms with Crippen molar-refractivity contribution in [2.24, 2.45) is 0 Å². The van der Waals surface area contributed by atoms with Crippen LogP contribution in [0.3, 0.4) is 0 Å². The average Bonchev–Trinajstić information content (AvgIpc) is 2.76. The van der Waals surface area contributed by atoms with E-state index in [1.807, 2.05) is 0 Å². The van der Waals surface area contributed by atoms with Crippen molar-refractivity contribution in [2.75, 3.05) is 0 Å². The second-order valence-corrected chi connectivity index (χ2v) is 6.75. The minimum Gasteiger partial charge on any atom is -0.0776 e. The van der Waals surface area contributed by atoms with Crippen LogP contribution in [0.15, 0.2) is 66.7 Å². The van der Waals surface area contributed by atoms with E-state index in [4.69, 9.17) is 0 Å². The highest BCUT2D eigenvalue weighted by Crippen LogP contribution is 2.50. The van der Waals surface area contributed by atoms with Gasteiger partial charge in [0, 0.05) is 5.41 Å². The molecule has 3 aromatic carbocycles. The highest BCUT2D eigenvalue weighted by atomic mass is 14.4. The first-order valence-corrected chi connectivity index (χ1v) is 7.89. The first-order valence-electron chi connectivity index (χ1n) is 7.89. The van der Waals surface area contributed by atoms with Crippen molar-refractivity contribution in [3.8, 4) is 22.3 Å². The molecule has 0 heterocycles. The molecule has 0 unspecified atom stereocenters. The number of hydrogen-bond acceptors (Lipinski definition) is 0. The summed E-state index contributed by atoms with van der Waals surface area (Å²) in [5, 5.41) is 0. The van der Waals surface area contributed by atoms with Gasteiger partial charge in [-0.1, -0.05) is 89.4 Å². The Bertz CT molecular complexity index is 854. The van der Waals surface area contributed by atoms with E-state index in [-0.39, 0.29) is 20.3 Å². The fraction of sp³-hybridized carbons (Fsp3) is 0.250. The van der Waals surface area contributed by atoms with Crippen LogP contribution in [0, 0.1) is 6.92 Å². The van der Waals surface area contributed by atoms with E-state index in [1.165, 1.54) is 38.9 Å². The van der Waals surface area contributed by atoms with Crippen molar-refractivity contribution in [1.29, 1.82) is 0 Å². The third kappa shape index (κ3) is 2.47. The van der Waals surface area contributed by atoms with Crippen LogP contribution in [0.25, 0.3) is 22.3 Å². The van der Waals surface area contributed by atoms with E-state index in [0.717, 1.165) is 0 Å². The molecule has 1 aliphatic rings. The van der Waals surface area contributed by atoms with Crippen LogP contribution in [0.5, 0.6) is 0 Å². The van der Waals surface area contributed by atoms with Crippen LogP contribution in [-0.4, -0.2) is 0 Å². The molecule has 0 atom stereocenters. The molecular weight excluding hydrogens is 288 g/mol. The molecule has 0 aromatic heterocycles. The number of rotatable bonds is 1. The molecular formula is C24H28. The van der Waals surface area contributed by atoms with Gasteiger partial charge in [0.1, 0.15) is 0 Å². The van der Waals surface area contributed by atoms with E-state index in [0.29, 0.717) is 0 Å². The normalized spacial score (nSPS) is 13.3. The Balaban J connectivity index is 0.00000104. The topological polar surface area (TPSA) is 0 Å². The van der Waals surface area contributed by atoms with Crippen LogP contribution in [0.4, 0.5) is 0 Å². The summed E-state index contributed by atoms with van der Waals surface area (Å²) < 4.78 is 0. The quantitative estimate of drug-likeness (QED) is 0.444. The summed E-state index contributed by atoms with van der Waals surface area (Å²) in [5.74, 6) is 0. The van der Waals surface area contributed by atoms with Gasteiger partial charge >= 0.3 is 0 Å². The smallest absolute Gasteiger partial charge is 0.0159 e. The van der Waals surface area contributed by atoms with Gasteiger partial charge < -0.3 is 0 Å². The molecule has 24 heavy (non-hydrogen) atoms. The largest absolute Gasteiger partial charge is 0.0776 e. The zero-order valence-electron chi connectivity index (χ0n) is 13.4. The summed E-state index contributed by atoms with van der Waals surface area (Å²) in [5.41, 5.74) is 9.74. The maximum Gasteiger partial charge on any atom is 0.0159 e. The molecule has 0 nitrogen and oxygen atoms in total. The van der Waals surface area contributed by atoms with E-state index in [2.05, 4.69) is 87.5 Å². The lowest BCUT2D eigenvalue weighted by molar-refractivity contribution is 0.660. The number of benzene rings is 3. The van der Waals surface area contributed by atoms with Crippen LogP contribution in [0.2, 0.25) is 0 Å². The highest BCUT2D eigenvalue weighted by molar-refractivity contribution is 5.84. The molecule has 0 spiro atoms. The Hall–Kier alpha value is -2.34. The van der Waals surface area contributed by atoms with E-state index >= 15 is 0 Å². The van der Waals surface area contributed by atoms with Crippen LogP contribution < -0.4 is 0 Å². The summed E-state index contributed by atoms with van der Waals surface area (Å²) in [7, 11) is 0. The van der Waals surface area contributed by atoms with Gasteiger partial charge in [-0.15, -0.1) is 0 Å². The maximum atomic E-state index is 2.40. The van der Waals surface area contributed by atoms with Crippen molar-refractivity contribution in [2.45, 2.75) is 41.0 Å². The third-order valence-corrected chi connectivity index (χ3v) is 5.01. The molecule has 3 aromatic rings. The van der Waals surface area contributed by atoms with Gasteiger partial charge in [-0.2, -0.15) is 0 Å². The Morgan fingerprint density at radius 3 is 1.96 bits per heavy atom. The molecule has 0 aliphatic heterocycles. The summed E-state index contributed by atoms with van der Waals surface area (Å²) in [6, 6.07) is 24.3. The van der Waals surface area contributed by atoms with Crippen molar-refractivity contribution in [3.05, 3.63) is 83.4 Å². The Kier molecular flexibility index (Phi) is 4.71. The predicted octanol–water partition coefficient (Wildman–Crippen LogP) is 7.24. The second kappa shape index (κ2) is 6.28. The Morgan fingerprint density at radius 1 is 0.625 bits per heavy atom. The van der Waals surface area contributed by atoms with Crippen molar-refractivity contribution >= 4 is 0 Å². The lowest BCUT2D eigenvalue weighted by Crippen LogP contribution is -2.15. The third-order valence-electron chi connectivity index (χ3n) is 5.01. The van der Waals surface area contributed by atoms with Crippen molar-refractivity contribution in [3.63, 3.8) is 0 Å². The first-order chi connectivity index (χ1) is 10.6. The predicted molar refractivity (Wildman–Crippen MR) is 108 cm³/mol. The zero-order chi connectivity index (χ0) is 15.3.